The van der Waals surface area contributed by atoms with Gasteiger partial charge in [-0.05, 0) is 43.5 Å². The van der Waals surface area contributed by atoms with Crippen molar-refractivity contribution in [3.8, 4) is 0 Å². The van der Waals surface area contributed by atoms with Crippen molar-refractivity contribution in [2.75, 3.05) is 0 Å². The van der Waals surface area contributed by atoms with Gasteiger partial charge in [-0.3, -0.25) is 0 Å². The van der Waals surface area contributed by atoms with Crippen molar-refractivity contribution in [1.29, 1.82) is 0 Å². The van der Waals surface area contributed by atoms with Crippen LogP contribution in [0.2, 0.25) is 0 Å². The highest BCUT2D eigenvalue weighted by atomic mass is 14.9. The number of hydrogen-bond donors (Lipinski definition) is 0. The molecule has 0 radical (unpaired) electrons. The summed E-state index contributed by atoms with van der Waals surface area (Å²) in [6.07, 6.45) is 10.1. The zero-order valence-corrected chi connectivity index (χ0v) is 10.7. The van der Waals surface area contributed by atoms with E-state index in [4.69, 9.17) is 0 Å². The van der Waals surface area contributed by atoms with Crippen molar-refractivity contribution in [3.05, 3.63) is 48.8 Å². The normalized spacial score (nSPS) is 11.4. The standard InChI is InChI=1S/C15H16N4/c1(4-10-16-14-8-2-6-12-18-14)5-11-17-15-9-3-7-13-19-15/h2-3,6-13H,1,4-5H2. The van der Waals surface area contributed by atoms with Crippen LogP contribution in [-0.2, 0) is 0 Å². The molecule has 0 aliphatic rings. The van der Waals surface area contributed by atoms with Gasteiger partial charge in [-0.2, -0.15) is 0 Å². The molecule has 0 unspecified atom stereocenters. The maximum atomic E-state index is 4.27. The molecule has 2 aromatic rings. The third kappa shape index (κ3) is 5.21. The highest BCUT2D eigenvalue weighted by molar-refractivity contribution is 5.64. The topological polar surface area (TPSA) is 50.5 Å². The van der Waals surface area contributed by atoms with Crippen LogP contribution in [0.1, 0.15) is 19.3 Å². The number of aromatic nitrogens is 2. The van der Waals surface area contributed by atoms with E-state index in [9.17, 15) is 0 Å². The van der Waals surface area contributed by atoms with Crippen LogP contribution in [0, 0.1) is 0 Å². The van der Waals surface area contributed by atoms with E-state index in [1.807, 2.05) is 48.8 Å². The molecule has 2 aromatic heterocycles. The maximum Gasteiger partial charge on any atom is 0.151 e. The number of unbranched alkanes of at least 4 members (excludes halogenated alkanes) is 2. The van der Waals surface area contributed by atoms with Crippen molar-refractivity contribution in [2.45, 2.75) is 19.3 Å². The molecule has 96 valence electrons. The fourth-order valence-electron chi connectivity index (χ4n) is 1.48. The molecule has 0 saturated carbocycles. The van der Waals surface area contributed by atoms with Crippen molar-refractivity contribution in [3.63, 3.8) is 0 Å². The number of pyridine rings is 2. The van der Waals surface area contributed by atoms with Crippen LogP contribution >= 0.6 is 0 Å². The minimum atomic E-state index is 0.754. The molecule has 0 saturated heterocycles. The molecule has 0 aromatic carbocycles. The fraction of sp³-hybridized carbons (Fsp3) is 0.200. The zero-order valence-electron chi connectivity index (χ0n) is 10.7. The Kier molecular flexibility index (Phi) is 5.42. The highest BCUT2D eigenvalue weighted by Crippen LogP contribution is 2.06. The van der Waals surface area contributed by atoms with Crippen molar-refractivity contribution in [2.24, 2.45) is 9.98 Å². The molecule has 2 rings (SSSR count). The number of hydrogen-bond acceptors (Lipinski definition) is 4. The Hall–Kier alpha value is -2.36. The van der Waals surface area contributed by atoms with Gasteiger partial charge in [-0.15, -0.1) is 0 Å². The van der Waals surface area contributed by atoms with E-state index in [0.717, 1.165) is 30.9 Å². The lowest BCUT2D eigenvalue weighted by atomic mass is 10.2. The second-order valence-corrected chi connectivity index (χ2v) is 3.93. The Bertz CT molecular complexity index is 471. The molecular formula is C15H16N4. The van der Waals surface area contributed by atoms with Gasteiger partial charge in [-0.1, -0.05) is 12.1 Å². The first-order chi connectivity index (χ1) is 9.45. The third-order valence-corrected chi connectivity index (χ3v) is 2.41. The third-order valence-electron chi connectivity index (χ3n) is 2.41. The lowest BCUT2D eigenvalue weighted by Gasteiger charge is -1.92. The summed E-state index contributed by atoms with van der Waals surface area (Å²) >= 11 is 0. The molecule has 4 heteroatoms. The van der Waals surface area contributed by atoms with Crippen LogP contribution in [-0.4, -0.2) is 22.4 Å². The summed E-state index contributed by atoms with van der Waals surface area (Å²) in [6, 6.07) is 11.4. The Morgan fingerprint density at radius 1 is 0.789 bits per heavy atom. The van der Waals surface area contributed by atoms with Gasteiger partial charge in [0.25, 0.3) is 0 Å². The average molecular weight is 252 g/mol. The number of nitrogens with zero attached hydrogens (tertiary/aromatic N) is 4. The van der Waals surface area contributed by atoms with E-state index in [0.29, 0.717) is 0 Å². The van der Waals surface area contributed by atoms with Gasteiger partial charge in [0.2, 0.25) is 0 Å². The monoisotopic (exact) mass is 252 g/mol. The Balaban J connectivity index is 1.65. The quantitative estimate of drug-likeness (QED) is 0.580. The van der Waals surface area contributed by atoms with Crippen LogP contribution in [0.5, 0.6) is 0 Å². The van der Waals surface area contributed by atoms with Crippen LogP contribution in [0.25, 0.3) is 0 Å². The van der Waals surface area contributed by atoms with Crippen LogP contribution in [0.3, 0.4) is 0 Å². The molecule has 0 aliphatic carbocycles. The van der Waals surface area contributed by atoms with Crippen LogP contribution in [0.4, 0.5) is 11.6 Å². The van der Waals surface area contributed by atoms with E-state index >= 15 is 0 Å². The Morgan fingerprint density at radius 3 is 1.74 bits per heavy atom. The SMILES string of the molecule is C(CCCC=Nc1ccccn1)=Nc1ccccn1. The van der Waals surface area contributed by atoms with E-state index in [1.54, 1.807) is 12.4 Å². The van der Waals surface area contributed by atoms with Gasteiger partial charge in [-0.25, -0.2) is 20.0 Å². The fourth-order valence-corrected chi connectivity index (χ4v) is 1.48. The summed E-state index contributed by atoms with van der Waals surface area (Å²) in [7, 11) is 0. The lowest BCUT2D eigenvalue weighted by Crippen LogP contribution is -1.81. The molecular weight excluding hydrogens is 236 g/mol. The van der Waals surface area contributed by atoms with E-state index < -0.39 is 0 Å². The first-order valence-electron chi connectivity index (χ1n) is 6.32. The number of aliphatic imine (C=N–C) groups is 2. The molecule has 0 bridgehead atoms. The summed E-state index contributed by atoms with van der Waals surface area (Å²) in [5.74, 6) is 1.51. The summed E-state index contributed by atoms with van der Waals surface area (Å²) in [4.78, 5) is 16.8. The predicted molar refractivity (Wildman–Crippen MR) is 78.6 cm³/mol. The van der Waals surface area contributed by atoms with Crippen molar-refractivity contribution in [1.82, 2.24) is 9.97 Å². The minimum Gasteiger partial charge on any atom is -0.242 e. The minimum absolute atomic E-state index is 0.754. The Morgan fingerprint density at radius 2 is 1.32 bits per heavy atom. The van der Waals surface area contributed by atoms with Crippen molar-refractivity contribution >= 4 is 24.1 Å². The number of rotatable bonds is 6. The highest BCUT2D eigenvalue weighted by Gasteiger charge is 1.87. The van der Waals surface area contributed by atoms with Gasteiger partial charge in [0.15, 0.2) is 11.6 Å². The molecule has 0 fully saturated rings. The van der Waals surface area contributed by atoms with Gasteiger partial charge in [0.05, 0.1) is 0 Å². The zero-order chi connectivity index (χ0) is 13.2. The summed E-state index contributed by atoms with van der Waals surface area (Å²) in [6.45, 7) is 0. The van der Waals surface area contributed by atoms with Crippen LogP contribution in [0.15, 0.2) is 58.8 Å². The first kappa shape index (κ1) is 13.1. The molecule has 0 N–H and O–H groups in total. The molecule has 2 heterocycles. The van der Waals surface area contributed by atoms with E-state index in [-0.39, 0.29) is 0 Å². The largest absolute Gasteiger partial charge is 0.242 e. The maximum absolute atomic E-state index is 4.27. The second kappa shape index (κ2) is 7.87. The molecule has 19 heavy (non-hydrogen) atoms. The Labute approximate surface area is 113 Å². The van der Waals surface area contributed by atoms with E-state index in [1.165, 1.54) is 0 Å². The van der Waals surface area contributed by atoms with Crippen LogP contribution < -0.4 is 0 Å². The summed E-state index contributed by atoms with van der Waals surface area (Å²) in [5.41, 5.74) is 0. The summed E-state index contributed by atoms with van der Waals surface area (Å²) in [5, 5.41) is 0. The van der Waals surface area contributed by atoms with Crippen molar-refractivity contribution < 1.29 is 0 Å². The predicted octanol–water partition coefficient (Wildman–Crippen LogP) is 3.75. The average Bonchev–Trinajstić information content (AvgIpc) is 2.48. The van der Waals surface area contributed by atoms with Gasteiger partial charge in [0.1, 0.15) is 0 Å². The van der Waals surface area contributed by atoms with E-state index in [2.05, 4.69) is 20.0 Å². The lowest BCUT2D eigenvalue weighted by molar-refractivity contribution is 0.942. The molecule has 0 amide bonds. The van der Waals surface area contributed by atoms with Gasteiger partial charge >= 0.3 is 0 Å². The van der Waals surface area contributed by atoms with Gasteiger partial charge in [0, 0.05) is 24.8 Å². The molecule has 0 atom stereocenters. The summed E-state index contributed by atoms with van der Waals surface area (Å²) < 4.78 is 0. The second-order valence-electron chi connectivity index (χ2n) is 3.93. The smallest absolute Gasteiger partial charge is 0.151 e. The molecule has 0 spiro atoms. The molecule has 0 aliphatic heterocycles. The first-order valence-corrected chi connectivity index (χ1v) is 6.32. The van der Waals surface area contributed by atoms with Gasteiger partial charge < -0.3 is 0 Å². The molecule has 4 nitrogen and oxygen atoms in total.